The molecule has 1 atom stereocenters. The predicted octanol–water partition coefficient (Wildman–Crippen LogP) is 6.07. The van der Waals surface area contributed by atoms with Gasteiger partial charge in [0, 0.05) is 11.4 Å². The molecule has 3 aromatic carbocycles. The van der Waals surface area contributed by atoms with Crippen molar-refractivity contribution >= 4 is 23.4 Å². The minimum atomic E-state index is -4.50. The van der Waals surface area contributed by atoms with Gasteiger partial charge in [-0.1, -0.05) is 66.4 Å². The van der Waals surface area contributed by atoms with Crippen molar-refractivity contribution in [3.8, 4) is 5.69 Å². The first-order chi connectivity index (χ1) is 15.8. The molecule has 0 bridgehead atoms. The summed E-state index contributed by atoms with van der Waals surface area (Å²) in [5, 5.41) is 10.7. The number of thioether (sulfide) groups is 1. The molecule has 4 aromatic rings. The number of carbonyl (C=O) groups excluding carboxylic acids is 1. The number of benzene rings is 3. The maximum absolute atomic E-state index is 13.3. The Morgan fingerprint density at radius 3 is 2.27 bits per heavy atom. The van der Waals surface area contributed by atoms with Gasteiger partial charge in [-0.05, 0) is 42.8 Å². The van der Waals surface area contributed by atoms with E-state index in [1.165, 1.54) is 23.9 Å². The van der Waals surface area contributed by atoms with Gasteiger partial charge in [0.15, 0.2) is 5.16 Å². The number of carbonyl (C=O) groups is 1. The van der Waals surface area contributed by atoms with Gasteiger partial charge in [0.1, 0.15) is 11.1 Å². The molecule has 1 N–H and O–H groups in total. The molecule has 0 unspecified atom stereocenters. The summed E-state index contributed by atoms with van der Waals surface area (Å²) in [6.45, 7) is 1.81. The summed E-state index contributed by atoms with van der Waals surface area (Å²) in [5.41, 5.74) is 0.764. The van der Waals surface area contributed by atoms with Crippen molar-refractivity contribution in [3.05, 3.63) is 102 Å². The summed E-state index contributed by atoms with van der Waals surface area (Å²) in [5.74, 6) is 0.180. The number of amides is 1. The number of rotatable bonds is 6. The summed E-state index contributed by atoms with van der Waals surface area (Å²) in [6.07, 6.45) is -4.50. The summed E-state index contributed by atoms with van der Waals surface area (Å²) in [4.78, 5) is 13.3. The van der Waals surface area contributed by atoms with Gasteiger partial charge in [0.05, 0.1) is 5.56 Å². The summed E-state index contributed by atoms with van der Waals surface area (Å²) in [6, 6.07) is 23.1. The fourth-order valence-electron chi connectivity index (χ4n) is 3.28. The number of para-hydroxylation sites is 1. The van der Waals surface area contributed by atoms with Crippen molar-refractivity contribution < 1.29 is 18.0 Å². The lowest BCUT2D eigenvalue weighted by molar-refractivity contribution is -0.137. The Morgan fingerprint density at radius 1 is 0.939 bits per heavy atom. The number of nitrogens with zero attached hydrogens (tertiary/aromatic N) is 3. The van der Waals surface area contributed by atoms with Crippen molar-refractivity contribution in [1.82, 2.24) is 14.8 Å². The molecule has 0 spiro atoms. The Morgan fingerprint density at radius 2 is 1.61 bits per heavy atom. The largest absolute Gasteiger partial charge is 0.416 e. The van der Waals surface area contributed by atoms with Gasteiger partial charge in [-0.2, -0.15) is 13.2 Å². The quantitative estimate of drug-likeness (QED) is 0.349. The van der Waals surface area contributed by atoms with Crippen LogP contribution in [0.1, 0.15) is 22.2 Å². The van der Waals surface area contributed by atoms with Crippen LogP contribution in [0.5, 0.6) is 0 Å². The lowest BCUT2D eigenvalue weighted by atomic mass is 10.1. The van der Waals surface area contributed by atoms with Crippen molar-refractivity contribution in [3.63, 3.8) is 0 Å². The first-order valence-corrected chi connectivity index (χ1v) is 10.9. The molecule has 0 radical (unpaired) electrons. The third-order valence-electron chi connectivity index (χ3n) is 4.83. The van der Waals surface area contributed by atoms with E-state index >= 15 is 0 Å². The van der Waals surface area contributed by atoms with Gasteiger partial charge in [-0.25, -0.2) is 0 Å². The maximum atomic E-state index is 13.3. The average Bonchev–Trinajstić information content (AvgIpc) is 3.18. The highest BCUT2D eigenvalue weighted by molar-refractivity contribution is 8.00. The van der Waals surface area contributed by atoms with E-state index in [1.54, 1.807) is 24.3 Å². The van der Waals surface area contributed by atoms with E-state index < -0.39 is 22.9 Å². The van der Waals surface area contributed by atoms with Crippen molar-refractivity contribution in [1.29, 1.82) is 0 Å². The molecule has 0 fully saturated rings. The molecule has 5 nitrogen and oxygen atoms in total. The van der Waals surface area contributed by atoms with Crippen LogP contribution in [-0.4, -0.2) is 20.7 Å². The van der Waals surface area contributed by atoms with Crippen LogP contribution in [0.2, 0.25) is 0 Å². The molecule has 33 heavy (non-hydrogen) atoms. The number of halogens is 3. The van der Waals surface area contributed by atoms with Gasteiger partial charge in [0.25, 0.3) is 0 Å². The lowest BCUT2D eigenvalue weighted by Crippen LogP contribution is -2.20. The highest BCUT2D eigenvalue weighted by Gasteiger charge is 2.31. The zero-order valence-electron chi connectivity index (χ0n) is 17.5. The highest BCUT2D eigenvalue weighted by atomic mass is 32.2. The summed E-state index contributed by atoms with van der Waals surface area (Å²) in [7, 11) is 0. The van der Waals surface area contributed by atoms with Gasteiger partial charge in [-0.15, -0.1) is 10.2 Å². The number of aromatic nitrogens is 3. The van der Waals surface area contributed by atoms with Gasteiger partial charge in [0.2, 0.25) is 5.91 Å². The zero-order valence-corrected chi connectivity index (χ0v) is 18.3. The van der Waals surface area contributed by atoms with Gasteiger partial charge < -0.3 is 5.32 Å². The minimum absolute atomic E-state index is 0.0667. The molecule has 1 heterocycles. The van der Waals surface area contributed by atoms with E-state index in [1.807, 2.05) is 47.9 Å². The second kappa shape index (κ2) is 9.50. The third-order valence-corrected chi connectivity index (χ3v) is 6.03. The second-order valence-corrected chi connectivity index (χ2v) is 8.25. The van der Waals surface area contributed by atoms with Gasteiger partial charge in [-0.3, -0.25) is 9.36 Å². The predicted molar refractivity (Wildman–Crippen MR) is 121 cm³/mol. The normalized spacial score (nSPS) is 12.4. The Bertz CT molecular complexity index is 1240. The number of hydrogen-bond donors (Lipinski definition) is 1. The first-order valence-electron chi connectivity index (χ1n) is 10.00. The van der Waals surface area contributed by atoms with Crippen LogP contribution in [0.25, 0.3) is 5.69 Å². The van der Waals surface area contributed by atoms with Crippen molar-refractivity contribution in [2.45, 2.75) is 23.5 Å². The van der Waals surface area contributed by atoms with E-state index in [9.17, 15) is 18.0 Å². The van der Waals surface area contributed by atoms with E-state index in [2.05, 4.69) is 15.5 Å². The Hall–Kier alpha value is -3.59. The molecule has 4 rings (SSSR count). The minimum Gasteiger partial charge on any atom is -0.325 e. The molecule has 1 amide bonds. The molecule has 0 aliphatic rings. The SMILES string of the molecule is Cc1nnc(S[C@@H](C(=O)Nc2cccc(C(F)(F)F)c2)c2ccccc2)n1-c1ccccc1. The summed E-state index contributed by atoms with van der Waals surface area (Å²) >= 11 is 1.18. The van der Waals surface area contributed by atoms with Crippen LogP contribution >= 0.6 is 11.8 Å². The van der Waals surface area contributed by atoms with Crippen LogP contribution in [-0.2, 0) is 11.0 Å². The smallest absolute Gasteiger partial charge is 0.325 e. The standard InChI is InChI=1S/C24H19F3N4OS/c1-16-29-30-23(31(16)20-13-6-3-7-14-20)33-21(17-9-4-2-5-10-17)22(32)28-19-12-8-11-18(15-19)24(25,26)27/h2-15,21H,1H3,(H,28,32)/t21-/m1/s1. The topological polar surface area (TPSA) is 59.8 Å². The number of alkyl halides is 3. The number of nitrogens with one attached hydrogen (secondary N) is 1. The van der Waals surface area contributed by atoms with E-state index in [0.717, 1.165) is 17.8 Å². The second-order valence-electron chi connectivity index (χ2n) is 7.18. The molecule has 1 aromatic heterocycles. The molecule has 0 saturated carbocycles. The van der Waals surface area contributed by atoms with E-state index in [0.29, 0.717) is 16.5 Å². The number of aryl methyl sites for hydroxylation is 1. The molecular weight excluding hydrogens is 449 g/mol. The van der Waals surface area contributed by atoms with Crippen LogP contribution < -0.4 is 5.32 Å². The zero-order chi connectivity index (χ0) is 23.4. The van der Waals surface area contributed by atoms with Crippen molar-refractivity contribution in [2.24, 2.45) is 0 Å². The van der Waals surface area contributed by atoms with Crippen LogP contribution in [0.4, 0.5) is 18.9 Å². The van der Waals surface area contributed by atoms with E-state index in [-0.39, 0.29) is 5.69 Å². The Balaban J connectivity index is 1.66. The molecule has 168 valence electrons. The Kier molecular flexibility index (Phi) is 6.50. The highest BCUT2D eigenvalue weighted by Crippen LogP contribution is 2.37. The summed E-state index contributed by atoms with van der Waals surface area (Å²) < 4.78 is 41.1. The molecular formula is C24H19F3N4OS. The Labute approximate surface area is 192 Å². The van der Waals surface area contributed by atoms with Crippen LogP contribution in [0.15, 0.2) is 90.1 Å². The first kappa shape index (κ1) is 22.6. The average molecular weight is 469 g/mol. The number of anilines is 1. The molecule has 0 aliphatic heterocycles. The third kappa shape index (κ3) is 5.25. The fourth-order valence-corrected chi connectivity index (χ4v) is 4.38. The van der Waals surface area contributed by atoms with E-state index in [4.69, 9.17) is 0 Å². The number of hydrogen-bond acceptors (Lipinski definition) is 4. The maximum Gasteiger partial charge on any atom is 0.416 e. The fraction of sp³-hybridized carbons (Fsp3) is 0.125. The molecule has 0 aliphatic carbocycles. The van der Waals surface area contributed by atoms with Crippen LogP contribution in [0, 0.1) is 6.92 Å². The molecule has 0 saturated heterocycles. The molecule has 9 heteroatoms. The monoisotopic (exact) mass is 468 g/mol. The van der Waals surface area contributed by atoms with Gasteiger partial charge >= 0.3 is 6.18 Å². The van der Waals surface area contributed by atoms with Crippen molar-refractivity contribution in [2.75, 3.05) is 5.32 Å². The lowest BCUT2D eigenvalue weighted by Gasteiger charge is -2.18. The van der Waals surface area contributed by atoms with Crippen LogP contribution in [0.3, 0.4) is 0 Å².